The molecule has 2 amide bonds. The van der Waals surface area contributed by atoms with Crippen LogP contribution < -0.4 is 15.4 Å². The molecule has 1 aliphatic heterocycles. The van der Waals surface area contributed by atoms with Crippen LogP contribution >= 0.6 is 0 Å². The van der Waals surface area contributed by atoms with Gasteiger partial charge in [0.2, 0.25) is 11.8 Å². The maximum atomic E-state index is 12.0. The third-order valence-corrected chi connectivity index (χ3v) is 3.75. The molecule has 0 fully saturated rings. The maximum Gasteiger partial charge on any atom is 0.220 e. The number of unbranched alkanes of at least 4 members (excludes halogenated alkanes) is 2. The van der Waals surface area contributed by atoms with Crippen molar-refractivity contribution < 1.29 is 14.3 Å². The summed E-state index contributed by atoms with van der Waals surface area (Å²) in [7, 11) is 0. The molecule has 1 atom stereocenters. The Bertz CT molecular complexity index is 516. The third kappa shape index (κ3) is 5.06. The van der Waals surface area contributed by atoms with Gasteiger partial charge in [-0.05, 0) is 18.9 Å². The van der Waals surface area contributed by atoms with E-state index >= 15 is 0 Å². The molecule has 120 valence electrons. The molecule has 0 bridgehead atoms. The number of carbonyl (C=O) groups excluding carboxylic acids is 2. The molecular formula is C17H24N2O3. The molecule has 0 unspecified atom stereocenters. The van der Waals surface area contributed by atoms with E-state index in [0.717, 1.165) is 37.0 Å². The summed E-state index contributed by atoms with van der Waals surface area (Å²) in [5, 5.41) is 5.85. The quantitative estimate of drug-likeness (QED) is 0.760. The van der Waals surface area contributed by atoms with E-state index in [1.54, 1.807) is 0 Å². The van der Waals surface area contributed by atoms with Crippen LogP contribution in [0.15, 0.2) is 24.3 Å². The Labute approximate surface area is 131 Å². The van der Waals surface area contributed by atoms with Gasteiger partial charge in [0, 0.05) is 31.9 Å². The van der Waals surface area contributed by atoms with E-state index in [1.165, 1.54) is 6.92 Å². The average Bonchev–Trinajstić information content (AvgIpc) is 2.51. The average molecular weight is 304 g/mol. The smallest absolute Gasteiger partial charge is 0.220 e. The summed E-state index contributed by atoms with van der Waals surface area (Å²) in [6, 6.07) is 7.91. The molecule has 0 aromatic heterocycles. The number of hydrogen-bond donors (Lipinski definition) is 2. The van der Waals surface area contributed by atoms with Crippen LogP contribution in [0.4, 0.5) is 0 Å². The first-order chi connectivity index (χ1) is 10.7. The van der Waals surface area contributed by atoms with Crippen molar-refractivity contribution in [1.82, 2.24) is 10.6 Å². The third-order valence-electron chi connectivity index (χ3n) is 3.75. The van der Waals surface area contributed by atoms with E-state index in [9.17, 15) is 9.59 Å². The van der Waals surface area contributed by atoms with Gasteiger partial charge in [-0.25, -0.2) is 0 Å². The summed E-state index contributed by atoms with van der Waals surface area (Å²) in [6.07, 6.45) is 4.03. The molecule has 5 heteroatoms. The standard InChI is InChI=1S/C17H24N2O3/c1-13(20)18-11-6-2-3-9-17(21)19-15-10-12-22-16-8-5-4-7-14(15)16/h4-5,7-8,15H,2-3,6,9-12H2,1H3,(H,18,20)(H,19,21)/t15-/m0/s1. The van der Waals surface area contributed by atoms with Crippen molar-refractivity contribution in [3.05, 3.63) is 29.8 Å². The second-order valence-electron chi connectivity index (χ2n) is 5.59. The van der Waals surface area contributed by atoms with Crippen molar-refractivity contribution in [3.8, 4) is 5.75 Å². The summed E-state index contributed by atoms with van der Waals surface area (Å²) in [5.74, 6) is 0.950. The van der Waals surface area contributed by atoms with Crippen LogP contribution in [0.5, 0.6) is 5.75 Å². The summed E-state index contributed by atoms with van der Waals surface area (Å²) < 4.78 is 5.59. The number of ether oxygens (including phenoxy) is 1. The van der Waals surface area contributed by atoms with Crippen molar-refractivity contribution in [2.24, 2.45) is 0 Å². The van der Waals surface area contributed by atoms with Gasteiger partial charge in [-0.1, -0.05) is 24.6 Å². The minimum atomic E-state index is -0.00377. The molecule has 1 aromatic rings. The highest BCUT2D eigenvalue weighted by Crippen LogP contribution is 2.31. The van der Waals surface area contributed by atoms with Gasteiger partial charge in [0.05, 0.1) is 12.6 Å². The highest BCUT2D eigenvalue weighted by atomic mass is 16.5. The van der Waals surface area contributed by atoms with Crippen LogP contribution in [-0.4, -0.2) is 25.0 Å². The summed E-state index contributed by atoms with van der Waals surface area (Å²) >= 11 is 0. The van der Waals surface area contributed by atoms with Crippen LogP contribution in [-0.2, 0) is 9.59 Å². The van der Waals surface area contributed by atoms with Crippen LogP contribution in [0.1, 0.15) is 50.6 Å². The SMILES string of the molecule is CC(=O)NCCCCCC(=O)N[C@H]1CCOc2ccccc21. The molecule has 0 aliphatic carbocycles. The van der Waals surface area contributed by atoms with E-state index in [4.69, 9.17) is 4.74 Å². The van der Waals surface area contributed by atoms with E-state index < -0.39 is 0 Å². The first-order valence-electron chi connectivity index (χ1n) is 7.92. The number of nitrogens with one attached hydrogen (secondary N) is 2. The maximum absolute atomic E-state index is 12.0. The molecule has 22 heavy (non-hydrogen) atoms. The zero-order valence-corrected chi connectivity index (χ0v) is 13.1. The summed E-state index contributed by atoms with van der Waals surface area (Å²) in [5.41, 5.74) is 1.06. The number of amides is 2. The molecule has 0 saturated heterocycles. The summed E-state index contributed by atoms with van der Waals surface area (Å²) in [4.78, 5) is 22.8. The normalized spacial score (nSPS) is 16.3. The molecule has 0 saturated carbocycles. The van der Waals surface area contributed by atoms with Crippen LogP contribution in [0, 0.1) is 0 Å². The van der Waals surface area contributed by atoms with E-state index in [0.29, 0.717) is 19.6 Å². The van der Waals surface area contributed by atoms with Gasteiger partial charge in [-0.15, -0.1) is 0 Å². The van der Waals surface area contributed by atoms with Gasteiger partial charge in [0.1, 0.15) is 5.75 Å². The highest BCUT2D eigenvalue weighted by molar-refractivity contribution is 5.76. The lowest BCUT2D eigenvalue weighted by Crippen LogP contribution is -2.32. The minimum absolute atomic E-state index is 0.00377. The predicted octanol–water partition coefficient (Wildman–Crippen LogP) is 2.32. The van der Waals surface area contributed by atoms with Gasteiger partial charge in [-0.2, -0.15) is 0 Å². The number of carbonyl (C=O) groups is 2. The molecule has 1 heterocycles. The van der Waals surface area contributed by atoms with Crippen molar-refractivity contribution in [1.29, 1.82) is 0 Å². The topological polar surface area (TPSA) is 67.4 Å². The molecule has 2 rings (SSSR count). The number of benzene rings is 1. The number of fused-ring (bicyclic) bond motifs is 1. The molecular weight excluding hydrogens is 280 g/mol. The van der Waals surface area contributed by atoms with Gasteiger partial charge in [0.15, 0.2) is 0 Å². The molecule has 2 N–H and O–H groups in total. The lowest BCUT2D eigenvalue weighted by atomic mass is 10.0. The van der Waals surface area contributed by atoms with Crippen molar-refractivity contribution >= 4 is 11.8 Å². The Morgan fingerprint density at radius 3 is 2.86 bits per heavy atom. The minimum Gasteiger partial charge on any atom is -0.493 e. The number of para-hydroxylation sites is 1. The zero-order valence-electron chi connectivity index (χ0n) is 13.1. The molecule has 1 aliphatic rings. The Morgan fingerprint density at radius 1 is 1.23 bits per heavy atom. The van der Waals surface area contributed by atoms with Gasteiger partial charge in [-0.3, -0.25) is 9.59 Å². The first kappa shape index (κ1) is 16.3. The van der Waals surface area contributed by atoms with Crippen molar-refractivity contribution in [2.45, 2.75) is 45.1 Å². The molecule has 1 aromatic carbocycles. The molecule has 5 nitrogen and oxygen atoms in total. The Morgan fingerprint density at radius 2 is 2.05 bits per heavy atom. The van der Waals surface area contributed by atoms with Crippen LogP contribution in [0.2, 0.25) is 0 Å². The van der Waals surface area contributed by atoms with Crippen LogP contribution in [0.3, 0.4) is 0 Å². The Balaban J connectivity index is 1.69. The second kappa shape index (κ2) is 8.41. The van der Waals surface area contributed by atoms with Crippen LogP contribution in [0.25, 0.3) is 0 Å². The fraction of sp³-hybridized carbons (Fsp3) is 0.529. The predicted molar refractivity (Wildman–Crippen MR) is 84.6 cm³/mol. The van der Waals surface area contributed by atoms with E-state index in [1.807, 2.05) is 24.3 Å². The van der Waals surface area contributed by atoms with Gasteiger partial charge >= 0.3 is 0 Å². The Hall–Kier alpha value is -2.04. The summed E-state index contributed by atoms with van der Waals surface area (Å²) in [6.45, 7) is 2.84. The fourth-order valence-corrected chi connectivity index (χ4v) is 2.61. The highest BCUT2D eigenvalue weighted by Gasteiger charge is 2.22. The van der Waals surface area contributed by atoms with E-state index in [-0.39, 0.29) is 17.9 Å². The number of hydrogen-bond acceptors (Lipinski definition) is 3. The monoisotopic (exact) mass is 304 g/mol. The zero-order chi connectivity index (χ0) is 15.8. The van der Waals surface area contributed by atoms with E-state index in [2.05, 4.69) is 10.6 Å². The molecule has 0 radical (unpaired) electrons. The van der Waals surface area contributed by atoms with Gasteiger partial charge < -0.3 is 15.4 Å². The molecule has 0 spiro atoms. The Kier molecular flexibility index (Phi) is 6.25. The van der Waals surface area contributed by atoms with Crippen molar-refractivity contribution in [3.63, 3.8) is 0 Å². The number of rotatable bonds is 7. The lowest BCUT2D eigenvalue weighted by molar-refractivity contribution is -0.122. The lowest BCUT2D eigenvalue weighted by Gasteiger charge is -2.26. The first-order valence-corrected chi connectivity index (χ1v) is 7.92. The van der Waals surface area contributed by atoms with Gasteiger partial charge in [0.25, 0.3) is 0 Å². The second-order valence-corrected chi connectivity index (χ2v) is 5.59. The largest absolute Gasteiger partial charge is 0.493 e. The fourth-order valence-electron chi connectivity index (χ4n) is 2.61. The van der Waals surface area contributed by atoms with Crippen molar-refractivity contribution in [2.75, 3.05) is 13.2 Å².